The third-order valence-corrected chi connectivity index (χ3v) is 3.60. The molecule has 1 N–H and O–H groups in total. The molecule has 0 saturated carbocycles. The fourth-order valence-electron chi connectivity index (χ4n) is 2.60. The lowest BCUT2D eigenvalue weighted by Gasteiger charge is -2.33. The second-order valence-electron chi connectivity index (χ2n) is 5.23. The number of nitrogens with zero attached hydrogens (tertiary/aromatic N) is 1. The van der Waals surface area contributed by atoms with Gasteiger partial charge in [-0.3, -0.25) is 4.90 Å². The van der Waals surface area contributed by atoms with Gasteiger partial charge in [0.2, 0.25) is 0 Å². The molecule has 0 bridgehead atoms. The van der Waals surface area contributed by atoms with Crippen LogP contribution in [0, 0.1) is 5.92 Å². The molecule has 1 aliphatic heterocycles. The molecule has 1 rings (SSSR count). The topological polar surface area (TPSA) is 15.3 Å². The molecule has 1 saturated heterocycles. The maximum absolute atomic E-state index is 4.01. The van der Waals surface area contributed by atoms with Crippen LogP contribution in [0.2, 0.25) is 0 Å². The smallest absolute Gasteiger partial charge is 0.0197 e. The molecular weight excluding hydrogens is 196 g/mol. The average Bonchev–Trinajstić information content (AvgIpc) is 2.28. The van der Waals surface area contributed by atoms with E-state index in [4.69, 9.17) is 0 Å². The van der Waals surface area contributed by atoms with E-state index >= 15 is 0 Å². The SMILES string of the molecule is C=C(C)CN(CC)CC1CC(CC)CCN1. The van der Waals surface area contributed by atoms with E-state index < -0.39 is 0 Å². The van der Waals surface area contributed by atoms with Crippen LogP contribution < -0.4 is 5.32 Å². The van der Waals surface area contributed by atoms with Gasteiger partial charge >= 0.3 is 0 Å². The first kappa shape index (κ1) is 13.7. The zero-order chi connectivity index (χ0) is 12.0. The molecule has 0 spiro atoms. The Morgan fingerprint density at radius 1 is 1.44 bits per heavy atom. The molecule has 0 aromatic rings. The monoisotopic (exact) mass is 224 g/mol. The van der Waals surface area contributed by atoms with E-state index in [2.05, 4.69) is 37.6 Å². The Morgan fingerprint density at radius 3 is 2.75 bits per heavy atom. The van der Waals surface area contributed by atoms with Gasteiger partial charge in [-0.15, -0.1) is 0 Å². The number of likely N-dealkylation sites (N-methyl/N-ethyl adjacent to an activating group) is 1. The standard InChI is InChI=1S/C14H28N2/c1-5-13-7-8-15-14(9-13)11-16(6-2)10-12(3)4/h13-15H,3,5-11H2,1-2,4H3. The molecule has 0 aliphatic carbocycles. The summed E-state index contributed by atoms with van der Waals surface area (Å²) in [6, 6.07) is 0.693. The van der Waals surface area contributed by atoms with Crippen LogP contribution in [0.25, 0.3) is 0 Å². The van der Waals surface area contributed by atoms with E-state index in [1.54, 1.807) is 0 Å². The van der Waals surface area contributed by atoms with Crippen LogP contribution in [-0.2, 0) is 0 Å². The quantitative estimate of drug-likeness (QED) is 0.698. The summed E-state index contributed by atoms with van der Waals surface area (Å²) in [5, 5.41) is 3.65. The Balaban J connectivity index is 2.35. The van der Waals surface area contributed by atoms with Gasteiger partial charge in [0, 0.05) is 19.1 Å². The minimum absolute atomic E-state index is 0.693. The molecule has 0 aromatic heterocycles. The first-order valence-corrected chi connectivity index (χ1v) is 6.75. The maximum Gasteiger partial charge on any atom is 0.0197 e. The third kappa shape index (κ3) is 4.67. The number of piperidine rings is 1. The largest absolute Gasteiger partial charge is 0.313 e. The highest BCUT2D eigenvalue weighted by Crippen LogP contribution is 2.19. The van der Waals surface area contributed by atoms with Crippen molar-refractivity contribution in [1.82, 2.24) is 10.2 Å². The second kappa shape index (κ2) is 7.08. The maximum atomic E-state index is 4.01. The van der Waals surface area contributed by atoms with E-state index in [0.717, 1.165) is 19.0 Å². The van der Waals surface area contributed by atoms with Crippen molar-refractivity contribution >= 4 is 0 Å². The molecule has 94 valence electrons. The molecule has 1 fully saturated rings. The molecule has 0 radical (unpaired) electrons. The van der Waals surface area contributed by atoms with Gasteiger partial charge in [-0.1, -0.05) is 32.4 Å². The van der Waals surface area contributed by atoms with Crippen LogP contribution in [-0.4, -0.2) is 37.1 Å². The van der Waals surface area contributed by atoms with Gasteiger partial charge in [-0.2, -0.15) is 0 Å². The lowest BCUT2D eigenvalue weighted by molar-refractivity contribution is 0.215. The molecular formula is C14H28N2. The summed E-state index contributed by atoms with van der Waals surface area (Å²) in [4.78, 5) is 2.50. The van der Waals surface area contributed by atoms with E-state index in [-0.39, 0.29) is 0 Å². The molecule has 1 aliphatic rings. The van der Waals surface area contributed by atoms with E-state index in [1.165, 1.54) is 37.9 Å². The minimum atomic E-state index is 0.693. The van der Waals surface area contributed by atoms with Gasteiger partial charge in [-0.25, -0.2) is 0 Å². The highest BCUT2D eigenvalue weighted by atomic mass is 15.1. The number of nitrogens with one attached hydrogen (secondary N) is 1. The molecule has 16 heavy (non-hydrogen) atoms. The molecule has 0 amide bonds. The van der Waals surface area contributed by atoms with Gasteiger partial charge in [0.25, 0.3) is 0 Å². The fourth-order valence-corrected chi connectivity index (χ4v) is 2.60. The van der Waals surface area contributed by atoms with Crippen LogP contribution in [0.3, 0.4) is 0 Å². The van der Waals surface area contributed by atoms with Crippen LogP contribution in [0.15, 0.2) is 12.2 Å². The first-order valence-electron chi connectivity index (χ1n) is 6.75. The van der Waals surface area contributed by atoms with Crippen molar-refractivity contribution in [2.45, 2.75) is 46.1 Å². The lowest BCUT2D eigenvalue weighted by atomic mass is 9.90. The Kier molecular flexibility index (Phi) is 6.07. The highest BCUT2D eigenvalue weighted by molar-refractivity contribution is 4.93. The van der Waals surface area contributed by atoms with Crippen LogP contribution in [0.1, 0.15) is 40.0 Å². The van der Waals surface area contributed by atoms with Crippen molar-refractivity contribution in [2.75, 3.05) is 26.2 Å². The second-order valence-corrected chi connectivity index (χ2v) is 5.23. The number of hydrogen-bond acceptors (Lipinski definition) is 2. The Morgan fingerprint density at radius 2 is 2.19 bits per heavy atom. The summed E-state index contributed by atoms with van der Waals surface area (Å²) in [5.74, 6) is 0.940. The van der Waals surface area contributed by atoms with Gasteiger partial charge in [-0.05, 0) is 38.8 Å². The van der Waals surface area contributed by atoms with Gasteiger partial charge in [0.05, 0.1) is 0 Å². The molecule has 2 atom stereocenters. The fraction of sp³-hybridized carbons (Fsp3) is 0.857. The van der Waals surface area contributed by atoms with Gasteiger partial charge in [0.15, 0.2) is 0 Å². The average molecular weight is 224 g/mol. The van der Waals surface area contributed by atoms with E-state index in [0.29, 0.717) is 6.04 Å². The van der Waals surface area contributed by atoms with Crippen molar-refractivity contribution in [1.29, 1.82) is 0 Å². The first-order chi connectivity index (χ1) is 7.65. The van der Waals surface area contributed by atoms with Crippen LogP contribution in [0.5, 0.6) is 0 Å². The van der Waals surface area contributed by atoms with Gasteiger partial charge < -0.3 is 5.32 Å². The van der Waals surface area contributed by atoms with Gasteiger partial charge in [0.1, 0.15) is 0 Å². The van der Waals surface area contributed by atoms with Crippen molar-refractivity contribution in [3.63, 3.8) is 0 Å². The Hall–Kier alpha value is -0.340. The van der Waals surface area contributed by atoms with Crippen molar-refractivity contribution in [2.24, 2.45) is 5.92 Å². The summed E-state index contributed by atoms with van der Waals surface area (Å²) in [6.07, 6.45) is 4.05. The molecule has 2 unspecified atom stereocenters. The summed E-state index contributed by atoms with van der Waals surface area (Å²) >= 11 is 0. The van der Waals surface area contributed by atoms with E-state index in [9.17, 15) is 0 Å². The molecule has 2 nitrogen and oxygen atoms in total. The van der Waals surface area contributed by atoms with E-state index in [1.807, 2.05) is 0 Å². The third-order valence-electron chi connectivity index (χ3n) is 3.60. The predicted molar refractivity (Wildman–Crippen MR) is 71.7 cm³/mol. The normalized spacial score (nSPS) is 26.0. The molecule has 1 heterocycles. The summed E-state index contributed by atoms with van der Waals surface area (Å²) in [5.41, 5.74) is 1.27. The summed E-state index contributed by atoms with van der Waals surface area (Å²) in [7, 11) is 0. The zero-order valence-corrected chi connectivity index (χ0v) is 11.3. The molecule has 0 aromatic carbocycles. The summed E-state index contributed by atoms with van der Waals surface area (Å²) < 4.78 is 0. The number of rotatable bonds is 6. The van der Waals surface area contributed by atoms with Crippen molar-refractivity contribution < 1.29 is 0 Å². The van der Waals surface area contributed by atoms with Crippen molar-refractivity contribution in [3.8, 4) is 0 Å². The molecule has 2 heteroatoms. The zero-order valence-electron chi connectivity index (χ0n) is 11.3. The predicted octanol–water partition coefficient (Wildman–Crippen LogP) is 2.66. The van der Waals surface area contributed by atoms with Crippen LogP contribution >= 0.6 is 0 Å². The van der Waals surface area contributed by atoms with Crippen LogP contribution in [0.4, 0.5) is 0 Å². The highest BCUT2D eigenvalue weighted by Gasteiger charge is 2.21. The Labute approximate surface area is 101 Å². The lowest BCUT2D eigenvalue weighted by Crippen LogP contribution is -2.46. The Bertz CT molecular complexity index is 213. The minimum Gasteiger partial charge on any atom is -0.313 e. The van der Waals surface area contributed by atoms with Crippen molar-refractivity contribution in [3.05, 3.63) is 12.2 Å². The number of hydrogen-bond donors (Lipinski definition) is 1. The summed E-state index contributed by atoms with van der Waals surface area (Å²) in [6.45, 7) is 15.2.